The molecule has 1 fully saturated rings. The van der Waals surface area contributed by atoms with E-state index in [1.165, 1.54) is 7.11 Å². The fourth-order valence-corrected chi connectivity index (χ4v) is 2.98. The quantitative estimate of drug-likeness (QED) is 0.854. The van der Waals surface area contributed by atoms with Crippen LogP contribution in [-0.4, -0.2) is 37.1 Å². The molecule has 22 heavy (non-hydrogen) atoms. The molecule has 0 amide bonds. The van der Waals surface area contributed by atoms with Crippen molar-refractivity contribution < 1.29 is 9.53 Å². The third-order valence-electron chi connectivity index (χ3n) is 4.25. The molecule has 1 aliphatic heterocycles. The van der Waals surface area contributed by atoms with Gasteiger partial charge in [0.05, 0.1) is 12.7 Å². The fraction of sp³-hybridized carbons (Fsp3) is 0.562. The van der Waals surface area contributed by atoms with Gasteiger partial charge < -0.3 is 10.5 Å². The van der Waals surface area contributed by atoms with Crippen LogP contribution in [0, 0.1) is 5.41 Å². The highest BCUT2D eigenvalue weighted by molar-refractivity contribution is 6.31. The van der Waals surface area contributed by atoms with Gasteiger partial charge in [0.15, 0.2) is 0 Å². The predicted octanol–water partition coefficient (Wildman–Crippen LogP) is 3.11. The number of piperidine rings is 1. The van der Waals surface area contributed by atoms with Crippen LogP contribution in [0.3, 0.4) is 0 Å². The molecule has 2 rings (SSSR count). The van der Waals surface area contributed by atoms with Crippen LogP contribution in [-0.2, 0) is 11.3 Å². The number of hydrogen-bond acceptors (Lipinski definition) is 4. The molecule has 4 nitrogen and oxygen atoms in total. The van der Waals surface area contributed by atoms with Crippen molar-refractivity contribution in [1.29, 1.82) is 0 Å². The van der Waals surface area contributed by atoms with Crippen molar-refractivity contribution in [1.82, 2.24) is 4.90 Å². The van der Waals surface area contributed by atoms with Crippen molar-refractivity contribution in [3.63, 3.8) is 0 Å². The van der Waals surface area contributed by atoms with Gasteiger partial charge in [0.25, 0.3) is 0 Å². The number of nitrogens with two attached hydrogens (primary N) is 1. The zero-order valence-electron chi connectivity index (χ0n) is 13.3. The van der Waals surface area contributed by atoms with Gasteiger partial charge in [-0.3, -0.25) is 4.90 Å². The Morgan fingerprint density at radius 1 is 1.50 bits per heavy atom. The van der Waals surface area contributed by atoms with E-state index in [0.717, 1.165) is 31.6 Å². The van der Waals surface area contributed by atoms with Crippen molar-refractivity contribution in [3.8, 4) is 0 Å². The second-order valence-electron chi connectivity index (χ2n) is 6.39. The maximum Gasteiger partial charge on any atom is 0.337 e. The number of hydrogen-bond donors (Lipinski definition) is 1. The standard InChI is InChI=1S/C16H23ClN2O2.ClH/c1-16(2)10-19(7-6-14(16)18)9-12-8-11(15(20)21-3)4-5-13(12)17;/h4-5,8,14H,6-7,9-10,18H2,1-3H3;1H. The maximum atomic E-state index is 11.6. The van der Waals surface area contributed by atoms with Crippen LogP contribution in [0.4, 0.5) is 0 Å². The van der Waals surface area contributed by atoms with E-state index in [9.17, 15) is 4.79 Å². The summed E-state index contributed by atoms with van der Waals surface area (Å²) in [6.07, 6.45) is 0.974. The zero-order chi connectivity index (χ0) is 15.6. The first-order valence-electron chi connectivity index (χ1n) is 7.18. The monoisotopic (exact) mass is 346 g/mol. The van der Waals surface area contributed by atoms with Crippen LogP contribution in [0.15, 0.2) is 18.2 Å². The fourth-order valence-electron chi connectivity index (χ4n) is 2.80. The predicted molar refractivity (Wildman–Crippen MR) is 91.7 cm³/mol. The molecule has 2 N–H and O–H groups in total. The summed E-state index contributed by atoms with van der Waals surface area (Å²) in [6.45, 7) is 6.97. The highest BCUT2D eigenvalue weighted by Crippen LogP contribution is 2.29. The van der Waals surface area contributed by atoms with Gasteiger partial charge in [-0.2, -0.15) is 0 Å². The third kappa shape index (κ3) is 4.35. The van der Waals surface area contributed by atoms with Gasteiger partial charge in [-0.15, -0.1) is 12.4 Å². The Morgan fingerprint density at radius 2 is 2.18 bits per heavy atom. The number of benzene rings is 1. The average Bonchev–Trinajstić information content (AvgIpc) is 2.44. The number of methoxy groups -OCH3 is 1. The minimum absolute atomic E-state index is 0. The Kier molecular flexibility index (Phi) is 6.68. The number of nitrogens with zero attached hydrogens (tertiary/aromatic N) is 1. The molecular formula is C16H24Cl2N2O2. The van der Waals surface area contributed by atoms with E-state index >= 15 is 0 Å². The molecule has 1 aromatic rings. The molecule has 0 saturated carbocycles. The maximum absolute atomic E-state index is 11.6. The van der Waals surface area contributed by atoms with Gasteiger partial charge >= 0.3 is 5.97 Å². The molecule has 124 valence electrons. The van der Waals surface area contributed by atoms with E-state index in [1.807, 2.05) is 6.07 Å². The summed E-state index contributed by atoms with van der Waals surface area (Å²) in [4.78, 5) is 14.0. The normalized spacial score (nSPS) is 21.0. The average molecular weight is 347 g/mol. The van der Waals surface area contributed by atoms with Crippen LogP contribution in [0.5, 0.6) is 0 Å². The first-order chi connectivity index (χ1) is 9.83. The Balaban J connectivity index is 0.00000242. The molecule has 0 bridgehead atoms. The van der Waals surface area contributed by atoms with Gasteiger partial charge in [-0.25, -0.2) is 4.79 Å². The summed E-state index contributed by atoms with van der Waals surface area (Å²) >= 11 is 6.26. The minimum atomic E-state index is -0.339. The Morgan fingerprint density at radius 3 is 2.77 bits per heavy atom. The SMILES string of the molecule is COC(=O)c1ccc(Cl)c(CN2CCC(N)C(C)(C)C2)c1.Cl. The molecule has 1 atom stereocenters. The molecule has 1 unspecified atom stereocenters. The van der Waals surface area contributed by atoms with Gasteiger partial charge in [0.2, 0.25) is 0 Å². The summed E-state index contributed by atoms with van der Waals surface area (Å²) in [6, 6.07) is 5.48. The Labute approximate surface area is 143 Å². The van der Waals surface area contributed by atoms with Crippen LogP contribution in [0.25, 0.3) is 0 Å². The second kappa shape index (κ2) is 7.64. The highest BCUT2D eigenvalue weighted by Gasteiger charge is 2.33. The van der Waals surface area contributed by atoms with Crippen molar-refractivity contribution in [3.05, 3.63) is 34.3 Å². The molecule has 1 heterocycles. The van der Waals surface area contributed by atoms with Gasteiger partial charge in [-0.05, 0) is 35.6 Å². The van der Waals surface area contributed by atoms with E-state index in [1.54, 1.807) is 12.1 Å². The van der Waals surface area contributed by atoms with Crippen molar-refractivity contribution in [2.75, 3.05) is 20.2 Å². The van der Waals surface area contributed by atoms with E-state index < -0.39 is 0 Å². The number of esters is 1. The first-order valence-corrected chi connectivity index (χ1v) is 7.56. The van der Waals surface area contributed by atoms with Crippen molar-refractivity contribution in [2.45, 2.75) is 32.9 Å². The first kappa shape index (κ1) is 19.2. The number of likely N-dealkylation sites (tertiary alicyclic amines) is 1. The largest absolute Gasteiger partial charge is 0.465 e. The Hall–Kier alpha value is -0.810. The number of carbonyl (C=O) groups excluding carboxylic acids is 1. The minimum Gasteiger partial charge on any atom is -0.465 e. The van der Waals surface area contributed by atoms with E-state index in [4.69, 9.17) is 22.1 Å². The lowest BCUT2D eigenvalue weighted by molar-refractivity contribution is 0.0600. The molecule has 6 heteroatoms. The lowest BCUT2D eigenvalue weighted by Crippen LogP contribution is -2.52. The molecule has 1 saturated heterocycles. The second-order valence-corrected chi connectivity index (χ2v) is 6.80. The summed E-state index contributed by atoms with van der Waals surface area (Å²) in [5, 5.41) is 0.676. The highest BCUT2D eigenvalue weighted by atomic mass is 35.5. The molecular weight excluding hydrogens is 323 g/mol. The number of rotatable bonds is 3. The van der Waals surface area contributed by atoms with Crippen LogP contribution in [0.2, 0.25) is 5.02 Å². The Bertz CT molecular complexity index is 535. The van der Waals surface area contributed by atoms with Crippen molar-refractivity contribution in [2.24, 2.45) is 11.1 Å². The molecule has 1 aromatic carbocycles. The van der Waals surface area contributed by atoms with E-state index in [0.29, 0.717) is 10.6 Å². The molecule has 0 radical (unpaired) electrons. The topological polar surface area (TPSA) is 55.6 Å². The number of halogens is 2. The van der Waals surface area contributed by atoms with Gasteiger partial charge in [0.1, 0.15) is 0 Å². The molecule has 0 spiro atoms. The van der Waals surface area contributed by atoms with Gasteiger partial charge in [0, 0.05) is 30.7 Å². The van der Waals surface area contributed by atoms with Crippen molar-refractivity contribution >= 4 is 30.0 Å². The van der Waals surface area contributed by atoms with Gasteiger partial charge in [-0.1, -0.05) is 25.4 Å². The summed E-state index contributed by atoms with van der Waals surface area (Å²) in [5.41, 5.74) is 7.74. The summed E-state index contributed by atoms with van der Waals surface area (Å²) in [5.74, 6) is -0.339. The van der Waals surface area contributed by atoms with Crippen LogP contribution in [0.1, 0.15) is 36.2 Å². The van der Waals surface area contributed by atoms with Crippen LogP contribution >= 0.6 is 24.0 Å². The summed E-state index contributed by atoms with van der Waals surface area (Å²) in [7, 11) is 1.38. The molecule has 0 aromatic heterocycles. The zero-order valence-corrected chi connectivity index (χ0v) is 14.8. The molecule has 1 aliphatic rings. The lowest BCUT2D eigenvalue weighted by Gasteiger charge is -2.42. The lowest BCUT2D eigenvalue weighted by atomic mass is 9.79. The van der Waals surface area contributed by atoms with E-state index in [-0.39, 0.29) is 29.8 Å². The van der Waals surface area contributed by atoms with Crippen LogP contribution < -0.4 is 5.73 Å². The number of carbonyl (C=O) groups is 1. The molecule has 0 aliphatic carbocycles. The third-order valence-corrected chi connectivity index (χ3v) is 4.62. The summed E-state index contributed by atoms with van der Waals surface area (Å²) < 4.78 is 4.76. The number of ether oxygens (including phenoxy) is 1. The van der Waals surface area contributed by atoms with E-state index in [2.05, 4.69) is 18.7 Å². The smallest absolute Gasteiger partial charge is 0.337 e.